The summed E-state index contributed by atoms with van der Waals surface area (Å²) in [5, 5.41) is 15.5. The SMILES string of the molecule is Cc1ccccc1CCNC(=O)Cn1nnc(-c2ccccc2Cl)n1. The Morgan fingerprint density at radius 3 is 2.72 bits per heavy atom. The summed E-state index contributed by atoms with van der Waals surface area (Å²) in [5.74, 6) is 0.245. The molecule has 0 unspecified atom stereocenters. The van der Waals surface area contributed by atoms with E-state index in [-0.39, 0.29) is 12.5 Å². The van der Waals surface area contributed by atoms with Crippen LogP contribution in [0.3, 0.4) is 0 Å². The summed E-state index contributed by atoms with van der Waals surface area (Å²) >= 11 is 6.12. The number of hydrogen-bond acceptors (Lipinski definition) is 4. The molecule has 6 nitrogen and oxygen atoms in total. The van der Waals surface area contributed by atoms with Crippen LogP contribution in [-0.4, -0.2) is 32.7 Å². The quantitative estimate of drug-likeness (QED) is 0.737. The van der Waals surface area contributed by atoms with E-state index in [0.717, 1.165) is 6.42 Å². The van der Waals surface area contributed by atoms with E-state index >= 15 is 0 Å². The van der Waals surface area contributed by atoms with E-state index in [1.165, 1.54) is 15.9 Å². The number of hydrogen-bond donors (Lipinski definition) is 1. The fourth-order valence-corrected chi connectivity index (χ4v) is 2.69. The van der Waals surface area contributed by atoms with Gasteiger partial charge in [0.25, 0.3) is 0 Å². The molecule has 1 amide bonds. The van der Waals surface area contributed by atoms with E-state index in [1.807, 2.05) is 30.3 Å². The maximum atomic E-state index is 12.0. The highest BCUT2D eigenvalue weighted by Crippen LogP contribution is 2.23. The molecule has 2 aromatic carbocycles. The van der Waals surface area contributed by atoms with Gasteiger partial charge in [-0.05, 0) is 41.8 Å². The summed E-state index contributed by atoms with van der Waals surface area (Å²) in [6.45, 7) is 2.65. The second-order valence-corrected chi connectivity index (χ2v) is 6.06. The van der Waals surface area contributed by atoms with Gasteiger partial charge in [0.15, 0.2) is 0 Å². The summed E-state index contributed by atoms with van der Waals surface area (Å²) in [4.78, 5) is 13.3. The van der Waals surface area contributed by atoms with Crippen molar-refractivity contribution in [2.24, 2.45) is 0 Å². The standard InChI is InChI=1S/C18H18ClN5O/c1-13-6-2-3-7-14(13)10-11-20-17(25)12-24-22-18(21-23-24)15-8-4-5-9-16(15)19/h2-9H,10-12H2,1H3,(H,20,25). The molecule has 3 aromatic rings. The molecular weight excluding hydrogens is 338 g/mol. The molecule has 0 atom stereocenters. The molecule has 0 bridgehead atoms. The highest BCUT2D eigenvalue weighted by molar-refractivity contribution is 6.33. The van der Waals surface area contributed by atoms with Gasteiger partial charge in [-0.25, -0.2) is 0 Å². The molecule has 0 saturated carbocycles. The molecule has 1 N–H and O–H groups in total. The predicted octanol–water partition coefficient (Wildman–Crippen LogP) is 2.66. The number of nitrogens with zero attached hydrogens (tertiary/aromatic N) is 4. The predicted molar refractivity (Wildman–Crippen MR) is 96.2 cm³/mol. The molecule has 25 heavy (non-hydrogen) atoms. The van der Waals surface area contributed by atoms with Crippen LogP contribution in [-0.2, 0) is 17.8 Å². The van der Waals surface area contributed by atoms with E-state index in [2.05, 4.69) is 39.8 Å². The van der Waals surface area contributed by atoms with E-state index in [9.17, 15) is 4.79 Å². The highest BCUT2D eigenvalue weighted by atomic mass is 35.5. The lowest BCUT2D eigenvalue weighted by molar-refractivity contribution is -0.122. The van der Waals surface area contributed by atoms with Gasteiger partial charge >= 0.3 is 0 Å². The van der Waals surface area contributed by atoms with E-state index in [1.54, 1.807) is 6.07 Å². The molecular formula is C18H18ClN5O. The van der Waals surface area contributed by atoms with Crippen molar-refractivity contribution in [3.63, 3.8) is 0 Å². The molecule has 1 heterocycles. The van der Waals surface area contributed by atoms with Crippen LogP contribution in [0.5, 0.6) is 0 Å². The Kier molecular flexibility index (Phi) is 5.40. The van der Waals surface area contributed by atoms with Crippen molar-refractivity contribution in [2.45, 2.75) is 19.9 Å². The topological polar surface area (TPSA) is 72.7 Å². The number of rotatable bonds is 6. The van der Waals surface area contributed by atoms with Crippen LogP contribution in [0, 0.1) is 6.92 Å². The third kappa shape index (κ3) is 4.42. The third-order valence-electron chi connectivity index (χ3n) is 3.83. The molecule has 0 saturated heterocycles. The molecule has 0 aliphatic heterocycles. The highest BCUT2D eigenvalue weighted by Gasteiger charge is 2.11. The van der Waals surface area contributed by atoms with Crippen LogP contribution in [0.15, 0.2) is 48.5 Å². The maximum Gasteiger partial charge on any atom is 0.243 e. The lowest BCUT2D eigenvalue weighted by Crippen LogP contribution is -2.30. The molecule has 0 radical (unpaired) electrons. The van der Waals surface area contributed by atoms with Crippen LogP contribution in [0.2, 0.25) is 5.02 Å². The zero-order valence-electron chi connectivity index (χ0n) is 13.8. The Balaban J connectivity index is 1.54. The molecule has 0 aliphatic carbocycles. The van der Waals surface area contributed by atoms with Gasteiger partial charge in [-0.2, -0.15) is 4.80 Å². The second kappa shape index (κ2) is 7.90. The molecule has 7 heteroatoms. The number of aromatic nitrogens is 4. The third-order valence-corrected chi connectivity index (χ3v) is 4.16. The zero-order valence-corrected chi connectivity index (χ0v) is 14.6. The number of amides is 1. The number of aryl methyl sites for hydroxylation is 1. The van der Waals surface area contributed by atoms with Crippen LogP contribution < -0.4 is 5.32 Å². The van der Waals surface area contributed by atoms with E-state index in [0.29, 0.717) is 23.0 Å². The van der Waals surface area contributed by atoms with E-state index < -0.39 is 0 Å². The molecule has 128 valence electrons. The van der Waals surface area contributed by atoms with Gasteiger partial charge in [-0.3, -0.25) is 4.79 Å². The summed E-state index contributed by atoms with van der Waals surface area (Å²) in [5.41, 5.74) is 3.14. The van der Waals surface area contributed by atoms with Crippen molar-refractivity contribution in [2.75, 3.05) is 6.54 Å². The van der Waals surface area contributed by atoms with Gasteiger partial charge in [0.05, 0.1) is 5.02 Å². The van der Waals surface area contributed by atoms with Crippen molar-refractivity contribution in [3.05, 3.63) is 64.7 Å². The Labute approximate surface area is 150 Å². The Morgan fingerprint density at radius 1 is 1.16 bits per heavy atom. The second-order valence-electron chi connectivity index (χ2n) is 5.65. The molecule has 1 aromatic heterocycles. The first-order chi connectivity index (χ1) is 12.1. The lowest BCUT2D eigenvalue weighted by Gasteiger charge is -2.07. The van der Waals surface area contributed by atoms with Crippen molar-refractivity contribution in [1.82, 2.24) is 25.5 Å². The van der Waals surface area contributed by atoms with Crippen molar-refractivity contribution < 1.29 is 4.79 Å². The number of halogens is 1. The summed E-state index contributed by atoms with van der Waals surface area (Å²) in [7, 11) is 0. The van der Waals surface area contributed by atoms with Gasteiger partial charge in [0.1, 0.15) is 6.54 Å². The summed E-state index contributed by atoms with van der Waals surface area (Å²) in [6.07, 6.45) is 0.786. The Morgan fingerprint density at radius 2 is 1.92 bits per heavy atom. The fraction of sp³-hybridized carbons (Fsp3) is 0.222. The number of nitrogens with one attached hydrogen (secondary N) is 1. The summed E-state index contributed by atoms with van der Waals surface area (Å²) < 4.78 is 0. The average Bonchev–Trinajstić information content (AvgIpc) is 3.05. The maximum absolute atomic E-state index is 12.0. The number of benzene rings is 2. The largest absolute Gasteiger partial charge is 0.354 e. The minimum absolute atomic E-state index is 0.0191. The Bertz CT molecular complexity index is 877. The monoisotopic (exact) mass is 355 g/mol. The minimum Gasteiger partial charge on any atom is -0.354 e. The van der Waals surface area contributed by atoms with Gasteiger partial charge in [-0.15, -0.1) is 10.2 Å². The van der Waals surface area contributed by atoms with Crippen molar-refractivity contribution in [1.29, 1.82) is 0 Å². The van der Waals surface area contributed by atoms with Crippen LogP contribution in [0.4, 0.5) is 0 Å². The van der Waals surface area contributed by atoms with Crippen LogP contribution in [0.1, 0.15) is 11.1 Å². The molecule has 0 fully saturated rings. The van der Waals surface area contributed by atoms with Crippen LogP contribution >= 0.6 is 11.6 Å². The number of carbonyl (C=O) groups is 1. The fourth-order valence-electron chi connectivity index (χ4n) is 2.47. The smallest absolute Gasteiger partial charge is 0.243 e. The normalized spacial score (nSPS) is 10.6. The zero-order chi connectivity index (χ0) is 17.6. The van der Waals surface area contributed by atoms with E-state index in [4.69, 9.17) is 11.6 Å². The average molecular weight is 356 g/mol. The number of carbonyl (C=O) groups excluding carboxylic acids is 1. The van der Waals surface area contributed by atoms with Gasteiger partial charge in [0.2, 0.25) is 11.7 Å². The Hall–Kier alpha value is -2.73. The molecule has 3 rings (SSSR count). The van der Waals surface area contributed by atoms with Gasteiger partial charge in [0, 0.05) is 12.1 Å². The molecule has 0 aliphatic rings. The van der Waals surface area contributed by atoms with Crippen molar-refractivity contribution in [3.8, 4) is 11.4 Å². The number of tetrazole rings is 1. The first kappa shape index (κ1) is 17.1. The van der Waals surface area contributed by atoms with Gasteiger partial charge in [-0.1, -0.05) is 48.0 Å². The molecule has 0 spiro atoms. The van der Waals surface area contributed by atoms with Crippen LogP contribution in [0.25, 0.3) is 11.4 Å². The first-order valence-electron chi connectivity index (χ1n) is 7.97. The summed E-state index contributed by atoms with van der Waals surface area (Å²) in [6, 6.07) is 15.4. The van der Waals surface area contributed by atoms with Crippen molar-refractivity contribution >= 4 is 17.5 Å². The van der Waals surface area contributed by atoms with Gasteiger partial charge < -0.3 is 5.32 Å². The minimum atomic E-state index is -0.156. The lowest BCUT2D eigenvalue weighted by atomic mass is 10.1. The first-order valence-corrected chi connectivity index (χ1v) is 8.35.